The summed E-state index contributed by atoms with van der Waals surface area (Å²) in [6.07, 6.45) is -5.04. The number of rotatable bonds is 30. The number of esters is 1. The predicted octanol–water partition coefficient (Wildman–Crippen LogP) is 9.96. The quantitative estimate of drug-likeness (QED) is 0.0147. The van der Waals surface area contributed by atoms with Crippen molar-refractivity contribution < 1.29 is 61.3 Å². The molecule has 1 saturated heterocycles. The van der Waals surface area contributed by atoms with Gasteiger partial charge in [0, 0.05) is 24.7 Å². The standard InChI is InChI=1S/C59H75N4O13P/c1-41(2)62-53-55(69-35-37-74-77(73-33-32-60-7)63(42(3)4)43(5)6)54(76-56(64)45-19-13-11-14-20-45)52(40-71-58(65)61-39-44-18-17-23-51(38-44)68-10)75-57(53)70-34-36-72-59(46-21-15-12-16-22-46,47-24-28-49(66-8)29-25-47)48-26-30-50(67-9)31-27-48/h11-31,38,41-43,52-55,57,62H,32-37,39-40H2,1-6,8-10H3,(H,61,65). The molecular formula is C59H75N4O13P. The van der Waals surface area contributed by atoms with Crippen LogP contribution in [0.4, 0.5) is 4.79 Å². The molecule has 1 amide bonds. The Labute approximate surface area is 455 Å². The van der Waals surface area contributed by atoms with Gasteiger partial charge < -0.3 is 67.2 Å². The molecule has 0 saturated carbocycles. The van der Waals surface area contributed by atoms with Gasteiger partial charge in [-0.3, -0.25) is 0 Å². The highest BCUT2D eigenvalue weighted by Crippen LogP contribution is 2.46. The molecule has 17 nitrogen and oxygen atoms in total. The van der Waals surface area contributed by atoms with Crippen LogP contribution in [-0.2, 0) is 49.6 Å². The number of nitrogens with one attached hydrogen (secondary N) is 2. The summed E-state index contributed by atoms with van der Waals surface area (Å²) in [5.41, 5.74) is 2.51. The van der Waals surface area contributed by atoms with Gasteiger partial charge in [0.25, 0.3) is 8.53 Å². The Morgan fingerprint density at radius 3 is 1.84 bits per heavy atom. The number of methoxy groups -OCH3 is 3. The average Bonchev–Trinajstić information content (AvgIpc) is 3.50. The lowest BCUT2D eigenvalue weighted by Gasteiger charge is -2.46. The first-order valence-corrected chi connectivity index (χ1v) is 27.0. The molecule has 0 bridgehead atoms. The molecule has 6 atom stereocenters. The number of benzene rings is 5. The second-order valence-corrected chi connectivity index (χ2v) is 20.3. The van der Waals surface area contributed by atoms with Crippen LogP contribution < -0.4 is 24.8 Å². The highest BCUT2D eigenvalue weighted by Gasteiger charge is 2.50. The van der Waals surface area contributed by atoms with Crippen LogP contribution in [0, 0.1) is 6.57 Å². The largest absolute Gasteiger partial charge is 0.497 e. The Hall–Kier alpha value is -6.16. The molecule has 0 aromatic heterocycles. The van der Waals surface area contributed by atoms with E-state index in [1.807, 2.05) is 117 Å². The summed E-state index contributed by atoms with van der Waals surface area (Å²) in [6, 6.07) is 40.6. The summed E-state index contributed by atoms with van der Waals surface area (Å²) >= 11 is 0. The van der Waals surface area contributed by atoms with E-state index in [0.717, 1.165) is 22.3 Å². The van der Waals surface area contributed by atoms with Crippen LogP contribution in [0.2, 0.25) is 0 Å². The summed E-state index contributed by atoms with van der Waals surface area (Å²) in [5.74, 6) is 1.38. The number of hydrogen-bond acceptors (Lipinski definition) is 15. The average molecular weight is 1080 g/mol. The lowest BCUT2D eigenvalue weighted by Crippen LogP contribution is -2.66. The van der Waals surface area contributed by atoms with Crippen LogP contribution >= 0.6 is 8.53 Å². The maximum atomic E-state index is 14.1. The number of amides is 1. The van der Waals surface area contributed by atoms with E-state index in [9.17, 15) is 9.59 Å². The van der Waals surface area contributed by atoms with Crippen LogP contribution in [0.5, 0.6) is 17.2 Å². The fourth-order valence-corrected chi connectivity index (χ4v) is 10.6. The van der Waals surface area contributed by atoms with E-state index in [2.05, 4.69) is 47.8 Å². The summed E-state index contributed by atoms with van der Waals surface area (Å²) < 4.78 is 71.1. The normalized spacial score (nSPS) is 17.9. The third kappa shape index (κ3) is 16.9. The van der Waals surface area contributed by atoms with Gasteiger partial charge in [-0.1, -0.05) is 98.8 Å². The minimum Gasteiger partial charge on any atom is -0.497 e. The van der Waals surface area contributed by atoms with Crippen molar-refractivity contribution in [1.29, 1.82) is 0 Å². The third-order valence-electron chi connectivity index (χ3n) is 12.5. The van der Waals surface area contributed by atoms with Crippen molar-refractivity contribution in [3.8, 4) is 17.2 Å². The fourth-order valence-electron chi connectivity index (χ4n) is 9.05. The van der Waals surface area contributed by atoms with Crippen LogP contribution in [0.3, 0.4) is 0 Å². The first kappa shape index (κ1) is 60.1. The summed E-state index contributed by atoms with van der Waals surface area (Å²) in [7, 11) is 3.23. The van der Waals surface area contributed by atoms with Crippen molar-refractivity contribution in [3.05, 3.63) is 173 Å². The van der Waals surface area contributed by atoms with Gasteiger partial charge in [0.05, 0.1) is 59.4 Å². The lowest BCUT2D eigenvalue weighted by atomic mass is 9.80. The topological polar surface area (TPSA) is 167 Å². The smallest absolute Gasteiger partial charge is 0.407 e. The zero-order valence-corrected chi connectivity index (χ0v) is 46.5. The molecule has 1 aliphatic rings. The first-order valence-electron chi connectivity index (χ1n) is 25.9. The molecule has 414 valence electrons. The van der Waals surface area contributed by atoms with Crippen molar-refractivity contribution >= 4 is 20.6 Å². The van der Waals surface area contributed by atoms with Crippen LogP contribution in [-0.4, -0.2) is 133 Å². The van der Waals surface area contributed by atoms with E-state index in [-0.39, 0.29) is 70.9 Å². The van der Waals surface area contributed by atoms with E-state index < -0.39 is 56.8 Å². The molecule has 1 aliphatic heterocycles. The molecule has 2 N–H and O–H groups in total. The predicted molar refractivity (Wildman–Crippen MR) is 294 cm³/mol. The first-order chi connectivity index (χ1) is 37.3. The zero-order chi connectivity index (χ0) is 55.2. The maximum absolute atomic E-state index is 14.1. The van der Waals surface area contributed by atoms with Gasteiger partial charge in [-0.25, -0.2) is 20.8 Å². The second kappa shape index (κ2) is 30.7. The minimum absolute atomic E-state index is 0.00716. The number of alkyl carbamates (subject to hydrolysis) is 1. The monoisotopic (exact) mass is 1080 g/mol. The van der Waals surface area contributed by atoms with Crippen LogP contribution in [0.1, 0.15) is 74.2 Å². The van der Waals surface area contributed by atoms with E-state index in [4.69, 9.17) is 58.3 Å². The van der Waals surface area contributed by atoms with Crippen LogP contribution in [0.25, 0.3) is 4.85 Å². The molecule has 1 fully saturated rings. The molecule has 0 radical (unpaired) electrons. The summed E-state index contributed by atoms with van der Waals surface area (Å²) in [5, 5.41) is 6.39. The highest BCUT2D eigenvalue weighted by molar-refractivity contribution is 7.44. The zero-order valence-electron chi connectivity index (χ0n) is 45.6. The Bertz CT molecular complexity index is 2520. The molecule has 5 aromatic rings. The minimum atomic E-state index is -1.59. The van der Waals surface area contributed by atoms with Gasteiger partial charge in [0.2, 0.25) is 6.54 Å². The van der Waals surface area contributed by atoms with Crippen molar-refractivity contribution in [2.75, 3.05) is 67.5 Å². The highest BCUT2D eigenvalue weighted by atomic mass is 31.2. The Kier molecular flexibility index (Phi) is 23.9. The summed E-state index contributed by atoms with van der Waals surface area (Å²) in [6.45, 7) is 19.9. The number of nitrogens with zero attached hydrogens (tertiary/aromatic N) is 2. The van der Waals surface area contributed by atoms with Crippen LogP contribution in [0.15, 0.2) is 133 Å². The van der Waals surface area contributed by atoms with Gasteiger partial charge in [-0.05, 0) is 98.5 Å². The van der Waals surface area contributed by atoms with E-state index in [1.54, 1.807) is 51.7 Å². The molecule has 18 heteroatoms. The molecule has 6 unspecified atom stereocenters. The van der Waals surface area contributed by atoms with E-state index in [1.165, 1.54) is 0 Å². The van der Waals surface area contributed by atoms with E-state index in [0.29, 0.717) is 22.8 Å². The van der Waals surface area contributed by atoms with Gasteiger partial charge >= 0.3 is 12.1 Å². The maximum Gasteiger partial charge on any atom is 0.407 e. The molecule has 6 rings (SSSR count). The molecule has 0 spiro atoms. The molecule has 77 heavy (non-hydrogen) atoms. The number of hydrogen-bond donors (Lipinski definition) is 2. The van der Waals surface area contributed by atoms with E-state index >= 15 is 0 Å². The molecule has 1 heterocycles. The molecule has 5 aromatic carbocycles. The lowest BCUT2D eigenvalue weighted by molar-refractivity contribution is -0.280. The SMILES string of the molecule is [C-]#[N+]CCOP(OCCOC1C(NC(C)C)C(OCCOC(c2ccccc2)(c2ccc(OC)cc2)c2ccc(OC)cc2)OC(COC(=O)NCc2cccc(OC)c2)C1OC(=O)c1ccccc1)N(C(C)C)C(C)C. The Morgan fingerprint density at radius 2 is 1.26 bits per heavy atom. The Morgan fingerprint density at radius 1 is 0.675 bits per heavy atom. The molecule has 0 aliphatic carbocycles. The Balaban J connectivity index is 1.33. The van der Waals surface area contributed by atoms with Gasteiger partial charge in [0.15, 0.2) is 12.4 Å². The fraction of sp³-hybridized carbons (Fsp3) is 0.441. The number of carbonyl (C=O) groups is 2. The second-order valence-electron chi connectivity index (χ2n) is 18.8. The van der Waals surface area contributed by atoms with Gasteiger partial charge in [-0.2, -0.15) is 0 Å². The van der Waals surface area contributed by atoms with Crippen molar-refractivity contribution in [2.45, 2.75) is 102 Å². The number of carbonyl (C=O) groups excluding carboxylic acids is 2. The van der Waals surface area contributed by atoms with Crippen molar-refractivity contribution in [3.63, 3.8) is 0 Å². The third-order valence-corrected chi connectivity index (χ3v) is 14.6. The number of ether oxygens (including phenoxy) is 9. The summed E-state index contributed by atoms with van der Waals surface area (Å²) in [4.78, 5) is 31.1. The van der Waals surface area contributed by atoms with Crippen molar-refractivity contribution in [1.82, 2.24) is 15.3 Å². The van der Waals surface area contributed by atoms with Gasteiger partial charge in [0.1, 0.15) is 48.3 Å². The molecular weight excluding hydrogens is 1000 g/mol. The van der Waals surface area contributed by atoms with Gasteiger partial charge in [-0.15, -0.1) is 0 Å². The van der Waals surface area contributed by atoms with Crippen molar-refractivity contribution in [2.24, 2.45) is 0 Å².